The largest absolute Gasteiger partial charge is 0.340 e. The number of hydrogen-bond donors (Lipinski definition) is 1. The SMILES string of the molecule is Cc1nc2c(C)cccc2c2c1CCN2c1ccccc1CN. The number of rotatable bonds is 2. The molecular formula is C20H21N3. The van der Waals surface area contributed by atoms with Crippen molar-refractivity contribution in [1.29, 1.82) is 0 Å². The van der Waals surface area contributed by atoms with Crippen LogP contribution in [0.2, 0.25) is 0 Å². The molecule has 2 aromatic carbocycles. The maximum Gasteiger partial charge on any atom is 0.0755 e. The minimum atomic E-state index is 0.559. The molecule has 0 saturated heterocycles. The van der Waals surface area contributed by atoms with Gasteiger partial charge in [0.1, 0.15) is 0 Å². The predicted molar refractivity (Wildman–Crippen MR) is 96.3 cm³/mol. The summed E-state index contributed by atoms with van der Waals surface area (Å²) >= 11 is 0. The lowest BCUT2D eigenvalue weighted by Gasteiger charge is -2.24. The summed E-state index contributed by atoms with van der Waals surface area (Å²) in [6.45, 7) is 5.81. The molecule has 3 aromatic rings. The van der Waals surface area contributed by atoms with Crippen molar-refractivity contribution in [2.45, 2.75) is 26.8 Å². The van der Waals surface area contributed by atoms with Gasteiger partial charge in [0.15, 0.2) is 0 Å². The topological polar surface area (TPSA) is 42.2 Å². The summed E-state index contributed by atoms with van der Waals surface area (Å²) in [4.78, 5) is 7.29. The quantitative estimate of drug-likeness (QED) is 0.778. The van der Waals surface area contributed by atoms with Crippen LogP contribution in [0, 0.1) is 13.8 Å². The Labute approximate surface area is 136 Å². The minimum Gasteiger partial charge on any atom is -0.340 e. The molecule has 1 aliphatic heterocycles. The third-order valence-electron chi connectivity index (χ3n) is 4.85. The Morgan fingerprint density at radius 1 is 1.09 bits per heavy atom. The van der Waals surface area contributed by atoms with Gasteiger partial charge in [-0.05, 0) is 43.0 Å². The summed E-state index contributed by atoms with van der Waals surface area (Å²) in [6, 6.07) is 14.9. The zero-order valence-electron chi connectivity index (χ0n) is 13.6. The molecule has 0 bridgehead atoms. The van der Waals surface area contributed by atoms with Gasteiger partial charge in [-0.2, -0.15) is 0 Å². The van der Waals surface area contributed by atoms with Crippen LogP contribution in [-0.2, 0) is 13.0 Å². The van der Waals surface area contributed by atoms with Gasteiger partial charge in [-0.15, -0.1) is 0 Å². The molecule has 2 N–H and O–H groups in total. The van der Waals surface area contributed by atoms with E-state index in [-0.39, 0.29) is 0 Å². The van der Waals surface area contributed by atoms with Crippen LogP contribution in [0.5, 0.6) is 0 Å². The molecule has 2 heterocycles. The van der Waals surface area contributed by atoms with E-state index < -0.39 is 0 Å². The molecule has 0 aliphatic carbocycles. The van der Waals surface area contributed by atoms with Crippen molar-refractivity contribution in [3.05, 3.63) is 64.8 Å². The fourth-order valence-electron chi connectivity index (χ4n) is 3.70. The molecule has 1 aliphatic rings. The number of nitrogens with zero attached hydrogens (tertiary/aromatic N) is 2. The van der Waals surface area contributed by atoms with Gasteiger partial charge in [0.25, 0.3) is 0 Å². The highest BCUT2D eigenvalue weighted by Crippen LogP contribution is 2.42. The second-order valence-electron chi connectivity index (χ2n) is 6.23. The zero-order chi connectivity index (χ0) is 16.0. The molecule has 0 fully saturated rings. The van der Waals surface area contributed by atoms with Crippen LogP contribution >= 0.6 is 0 Å². The van der Waals surface area contributed by atoms with E-state index in [4.69, 9.17) is 10.7 Å². The fourth-order valence-corrected chi connectivity index (χ4v) is 3.70. The number of fused-ring (bicyclic) bond motifs is 3. The smallest absolute Gasteiger partial charge is 0.0755 e. The summed E-state index contributed by atoms with van der Waals surface area (Å²) in [5, 5.41) is 1.25. The van der Waals surface area contributed by atoms with Gasteiger partial charge in [-0.25, -0.2) is 0 Å². The minimum absolute atomic E-state index is 0.559. The first-order valence-corrected chi connectivity index (χ1v) is 8.15. The molecule has 4 rings (SSSR count). The molecule has 0 unspecified atom stereocenters. The first kappa shape index (κ1) is 14.2. The van der Waals surface area contributed by atoms with Gasteiger partial charge in [0.2, 0.25) is 0 Å². The van der Waals surface area contributed by atoms with Crippen molar-refractivity contribution < 1.29 is 0 Å². The van der Waals surface area contributed by atoms with Crippen molar-refractivity contribution in [3.8, 4) is 0 Å². The van der Waals surface area contributed by atoms with Crippen LogP contribution in [0.15, 0.2) is 42.5 Å². The van der Waals surface area contributed by atoms with Crippen molar-refractivity contribution in [1.82, 2.24) is 4.98 Å². The highest BCUT2D eigenvalue weighted by atomic mass is 15.2. The maximum absolute atomic E-state index is 5.97. The second kappa shape index (κ2) is 5.36. The van der Waals surface area contributed by atoms with Crippen LogP contribution < -0.4 is 10.6 Å². The average Bonchev–Trinajstić information content (AvgIpc) is 3.02. The molecule has 3 heteroatoms. The lowest BCUT2D eigenvalue weighted by molar-refractivity contribution is 0.967. The Balaban J connectivity index is 2.01. The predicted octanol–water partition coefficient (Wildman–Crippen LogP) is 4.00. The Hall–Kier alpha value is -2.39. The molecular weight excluding hydrogens is 282 g/mol. The fraction of sp³-hybridized carbons (Fsp3) is 0.250. The third kappa shape index (κ3) is 2.12. The van der Waals surface area contributed by atoms with Gasteiger partial charge in [0, 0.05) is 29.9 Å². The molecule has 116 valence electrons. The number of para-hydroxylation sites is 2. The molecule has 23 heavy (non-hydrogen) atoms. The van der Waals surface area contributed by atoms with Crippen molar-refractivity contribution in [2.24, 2.45) is 5.73 Å². The number of nitrogens with two attached hydrogens (primary N) is 1. The Morgan fingerprint density at radius 3 is 2.74 bits per heavy atom. The number of anilines is 2. The normalized spacial score (nSPS) is 13.6. The Bertz CT molecular complexity index is 899. The van der Waals surface area contributed by atoms with E-state index in [1.807, 2.05) is 0 Å². The number of aryl methyl sites for hydroxylation is 2. The Morgan fingerprint density at radius 2 is 1.91 bits per heavy atom. The van der Waals surface area contributed by atoms with E-state index in [0.717, 1.165) is 24.2 Å². The van der Waals surface area contributed by atoms with Gasteiger partial charge in [0.05, 0.1) is 11.2 Å². The summed E-state index contributed by atoms with van der Waals surface area (Å²) in [5.41, 5.74) is 14.6. The number of hydrogen-bond acceptors (Lipinski definition) is 3. The second-order valence-corrected chi connectivity index (χ2v) is 6.23. The monoisotopic (exact) mass is 303 g/mol. The molecule has 0 radical (unpaired) electrons. The van der Waals surface area contributed by atoms with Crippen molar-refractivity contribution in [3.63, 3.8) is 0 Å². The Kier molecular flexibility index (Phi) is 3.31. The van der Waals surface area contributed by atoms with E-state index in [1.165, 1.54) is 33.5 Å². The van der Waals surface area contributed by atoms with Gasteiger partial charge >= 0.3 is 0 Å². The zero-order valence-corrected chi connectivity index (χ0v) is 13.6. The summed E-state index contributed by atoms with van der Waals surface area (Å²) in [6.07, 6.45) is 1.04. The van der Waals surface area contributed by atoms with E-state index in [9.17, 15) is 0 Å². The molecule has 0 spiro atoms. The highest BCUT2D eigenvalue weighted by Gasteiger charge is 2.26. The summed E-state index contributed by atoms with van der Waals surface area (Å²) in [5.74, 6) is 0. The number of benzene rings is 2. The summed E-state index contributed by atoms with van der Waals surface area (Å²) < 4.78 is 0. The van der Waals surface area contributed by atoms with Gasteiger partial charge in [-0.3, -0.25) is 4.98 Å². The average molecular weight is 303 g/mol. The van der Waals surface area contributed by atoms with Crippen LogP contribution in [0.1, 0.15) is 22.4 Å². The summed E-state index contributed by atoms with van der Waals surface area (Å²) in [7, 11) is 0. The molecule has 0 amide bonds. The maximum atomic E-state index is 5.97. The van der Waals surface area contributed by atoms with E-state index >= 15 is 0 Å². The van der Waals surface area contributed by atoms with Crippen LogP contribution in [0.3, 0.4) is 0 Å². The lowest BCUT2D eigenvalue weighted by Crippen LogP contribution is -2.16. The molecule has 1 aromatic heterocycles. The molecule has 3 nitrogen and oxygen atoms in total. The van der Waals surface area contributed by atoms with E-state index in [2.05, 4.69) is 61.2 Å². The number of aromatic nitrogens is 1. The molecule has 0 atom stereocenters. The van der Waals surface area contributed by atoms with E-state index in [1.54, 1.807) is 0 Å². The van der Waals surface area contributed by atoms with Crippen LogP contribution in [0.25, 0.3) is 10.9 Å². The standard InChI is InChI=1S/C20H21N3/c1-13-6-5-8-17-19(13)22-14(2)16-10-11-23(20(16)17)18-9-4-3-7-15(18)12-21/h3-9H,10-12,21H2,1-2H3. The van der Waals surface area contributed by atoms with Crippen LogP contribution in [0.4, 0.5) is 11.4 Å². The van der Waals surface area contributed by atoms with Crippen molar-refractivity contribution in [2.75, 3.05) is 11.4 Å². The lowest BCUT2D eigenvalue weighted by atomic mass is 10.0. The van der Waals surface area contributed by atoms with Gasteiger partial charge in [-0.1, -0.05) is 36.4 Å². The van der Waals surface area contributed by atoms with Crippen LogP contribution in [-0.4, -0.2) is 11.5 Å². The first-order chi connectivity index (χ1) is 11.2. The number of pyridine rings is 1. The first-order valence-electron chi connectivity index (χ1n) is 8.15. The highest BCUT2D eigenvalue weighted by molar-refractivity contribution is 5.98. The molecule has 0 saturated carbocycles. The van der Waals surface area contributed by atoms with Gasteiger partial charge < -0.3 is 10.6 Å². The van der Waals surface area contributed by atoms with Crippen molar-refractivity contribution >= 4 is 22.3 Å². The third-order valence-corrected chi connectivity index (χ3v) is 4.85. The van der Waals surface area contributed by atoms with E-state index in [0.29, 0.717) is 6.54 Å².